The van der Waals surface area contributed by atoms with Gasteiger partial charge in [-0.2, -0.15) is 0 Å². The summed E-state index contributed by atoms with van der Waals surface area (Å²) < 4.78 is 2.26. The van der Waals surface area contributed by atoms with E-state index in [1.807, 2.05) is 4.90 Å². The highest BCUT2D eigenvalue weighted by Crippen LogP contribution is 2.43. The minimum absolute atomic E-state index is 0.140. The Hall–Kier alpha value is -2.01. The van der Waals surface area contributed by atoms with Gasteiger partial charge in [-0.15, -0.1) is 0 Å². The number of carbonyl (C=O) groups is 1. The van der Waals surface area contributed by atoms with Crippen LogP contribution < -0.4 is 5.32 Å². The molecule has 0 spiro atoms. The zero-order valence-electron chi connectivity index (χ0n) is 16.4. The van der Waals surface area contributed by atoms with E-state index >= 15 is 0 Å². The van der Waals surface area contributed by atoms with E-state index in [0.717, 1.165) is 45.3 Å². The summed E-state index contributed by atoms with van der Waals surface area (Å²) in [5.74, 6) is 0.494. The van der Waals surface area contributed by atoms with Gasteiger partial charge < -0.3 is 19.7 Å². The highest BCUT2D eigenvalue weighted by atomic mass is 16.2. The summed E-state index contributed by atoms with van der Waals surface area (Å²) in [6.45, 7) is 2.76. The van der Waals surface area contributed by atoms with Crippen LogP contribution in [0.4, 0.5) is 4.79 Å². The first-order chi connectivity index (χ1) is 13.1. The van der Waals surface area contributed by atoms with Crippen LogP contribution in [0, 0.1) is 0 Å². The van der Waals surface area contributed by atoms with Gasteiger partial charge in [0.15, 0.2) is 0 Å². The summed E-state index contributed by atoms with van der Waals surface area (Å²) in [6, 6.07) is 7.64. The van der Waals surface area contributed by atoms with Crippen molar-refractivity contribution in [3.63, 3.8) is 0 Å². The fourth-order valence-corrected chi connectivity index (χ4v) is 5.69. The number of urea groups is 1. The van der Waals surface area contributed by atoms with Crippen LogP contribution in [0.1, 0.15) is 42.7 Å². The van der Waals surface area contributed by atoms with Crippen molar-refractivity contribution in [2.75, 3.05) is 26.7 Å². The van der Waals surface area contributed by atoms with Crippen molar-refractivity contribution in [2.45, 2.75) is 50.1 Å². The smallest absolute Gasteiger partial charge is 0.317 e. The Labute approximate surface area is 161 Å². The van der Waals surface area contributed by atoms with Gasteiger partial charge in [0, 0.05) is 61.8 Å². The van der Waals surface area contributed by atoms with Crippen LogP contribution in [-0.2, 0) is 13.5 Å². The van der Waals surface area contributed by atoms with Crippen LogP contribution in [-0.4, -0.2) is 59.2 Å². The lowest BCUT2D eigenvalue weighted by Gasteiger charge is -2.46. The topological polar surface area (TPSA) is 40.5 Å². The Morgan fingerprint density at radius 1 is 1.15 bits per heavy atom. The molecule has 2 aliphatic heterocycles. The molecule has 2 aromatic rings. The minimum atomic E-state index is 0.140. The van der Waals surface area contributed by atoms with Gasteiger partial charge in [-0.05, 0) is 56.3 Å². The van der Waals surface area contributed by atoms with E-state index in [-0.39, 0.29) is 12.1 Å². The van der Waals surface area contributed by atoms with Crippen LogP contribution in [0.25, 0.3) is 10.9 Å². The second kappa shape index (κ2) is 6.55. The number of rotatable bonds is 1. The third-order valence-electron chi connectivity index (χ3n) is 7.00. The number of aromatic nitrogens is 1. The highest BCUT2D eigenvalue weighted by molar-refractivity contribution is 5.89. The van der Waals surface area contributed by atoms with E-state index in [1.165, 1.54) is 28.5 Å². The molecule has 3 atom stereocenters. The molecule has 1 aliphatic carbocycles. The van der Waals surface area contributed by atoms with Crippen molar-refractivity contribution in [2.24, 2.45) is 7.05 Å². The molecule has 27 heavy (non-hydrogen) atoms. The second-order valence-electron chi connectivity index (χ2n) is 8.75. The Kier molecular flexibility index (Phi) is 4.15. The minimum Gasteiger partial charge on any atom is -0.350 e. The fourth-order valence-electron chi connectivity index (χ4n) is 5.69. The molecule has 2 amide bonds. The number of hydrogen-bond acceptors (Lipinski definition) is 2. The third-order valence-corrected chi connectivity index (χ3v) is 7.00. The van der Waals surface area contributed by atoms with E-state index in [1.54, 1.807) is 0 Å². The number of benzene rings is 1. The quantitative estimate of drug-likeness (QED) is 0.843. The number of piperidine rings is 2. The molecular formula is C22H30N4O. The third kappa shape index (κ3) is 2.83. The second-order valence-corrected chi connectivity index (χ2v) is 8.75. The van der Waals surface area contributed by atoms with Gasteiger partial charge in [0.1, 0.15) is 0 Å². The SMILES string of the molecule is CN1CC(NC(=O)N2CCCCC2)CC2c3cccc4c3c(cn4C)C[C@H]21. The number of likely N-dealkylation sites (N-methyl/N-ethyl adjacent to an activating group) is 1. The van der Waals surface area contributed by atoms with Gasteiger partial charge in [0.05, 0.1) is 0 Å². The lowest BCUT2D eigenvalue weighted by molar-refractivity contribution is 0.121. The summed E-state index contributed by atoms with van der Waals surface area (Å²) in [5, 5.41) is 4.81. The number of nitrogens with one attached hydrogen (secondary N) is 1. The first-order valence-corrected chi connectivity index (χ1v) is 10.4. The maximum atomic E-state index is 12.7. The molecule has 5 heteroatoms. The number of likely N-dealkylation sites (tertiary alicyclic amines) is 2. The van der Waals surface area contributed by atoms with Crippen molar-refractivity contribution in [3.05, 3.63) is 35.5 Å². The first kappa shape index (κ1) is 17.1. The lowest BCUT2D eigenvalue weighted by Crippen LogP contribution is -2.57. The molecule has 0 radical (unpaired) electrons. The zero-order valence-corrected chi connectivity index (χ0v) is 16.4. The normalized spacial score (nSPS) is 28.2. The Balaban J connectivity index is 1.40. The Morgan fingerprint density at radius 2 is 1.96 bits per heavy atom. The molecule has 5 rings (SSSR count). The van der Waals surface area contributed by atoms with Crippen LogP contribution in [0.5, 0.6) is 0 Å². The summed E-state index contributed by atoms with van der Waals surface area (Å²) in [4.78, 5) is 17.2. The van der Waals surface area contributed by atoms with Crippen molar-refractivity contribution < 1.29 is 4.79 Å². The van der Waals surface area contributed by atoms with Gasteiger partial charge in [0.2, 0.25) is 0 Å². The molecular weight excluding hydrogens is 336 g/mol. The van der Waals surface area contributed by atoms with Gasteiger partial charge >= 0.3 is 6.03 Å². The maximum absolute atomic E-state index is 12.7. The first-order valence-electron chi connectivity index (χ1n) is 10.4. The van der Waals surface area contributed by atoms with E-state index in [0.29, 0.717) is 12.0 Å². The van der Waals surface area contributed by atoms with E-state index in [4.69, 9.17) is 0 Å². The Bertz CT molecular complexity index is 867. The highest BCUT2D eigenvalue weighted by Gasteiger charge is 2.40. The predicted octanol–water partition coefficient (Wildman–Crippen LogP) is 3.09. The molecule has 144 valence electrons. The molecule has 2 saturated heterocycles. The molecule has 3 heterocycles. The number of hydrogen-bond donors (Lipinski definition) is 1. The van der Waals surface area contributed by atoms with Crippen LogP contribution in [0.3, 0.4) is 0 Å². The van der Waals surface area contributed by atoms with E-state index in [2.05, 4.69) is 53.3 Å². The molecule has 5 nitrogen and oxygen atoms in total. The lowest BCUT2D eigenvalue weighted by atomic mass is 9.74. The number of nitrogens with zero attached hydrogens (tertiary/aromatic N) is 3. The average Bonchev–Trinajstić information content (AvgIpc) is 3.00. The molecule has 1 aromatic carbocycles. The predicted molar refractivity (Wildman–Crippen MR) is 108 cm³/mol. The van der Waals surface area contributed by atoms with Crippen molar-refractivity contribution in [3.8, 4) is 0 Å². The van der Waals surface area contributed by atoms with Gasteiger partial charge in [-0.3, -0.25) is 0 Å². The van der Waals surface area contributed by atoms with Crippen LogP contribution >= 0.6 is 0 Å². The van der Waals surface area contributed by atoms with Gasteiger partial charge in [0.25, 0.3) is 0 Å². The number of aryl methyl sites for hydroxylation is 1. The Morgan fingerprint density at radius 3 is 2.78 bits per heavy atom. The van der Waals surface area contributed by atoms with Gasteiger partial charge in [-0.25, -0.2) is 4.79 Å². The zero-order chi connectivity index (χ0) is 18.5. The summed E-state index contributed by atoms with van der Waals surface area (Å²) in [5.41, 5.74) is 4.29. The maximum Gasteiger partial charge on any atom is 0.317 e. The molecule has 1 aromatic heterocycles. The monoisotopic (exact) mass is 366 g/mol. The molecule has 1 N–H and O–H groups in total. The molecule has 2 fully saturated rings. The van der Waals surface area contributed by atoms with Gasteiger partial charge in [-0.1, -0.05) is 12.1 Å². The summed E-state index contributed by atoms with van der Waals surface area (Å²) in [7, 11) is 4.38. The van der Waals surface area contributed by atoms with Crippen molar-refractivity contribution in [1.29, 1.82) is 0 Å². The van der Waals surface area contributed by atoms with Crippen LogP contribution in [0.2, 0.25) is 0 Å². The van der Waals surface area contributed by atoms with Crippen molar-refractivity contribution >= 4 is 16.9 Å². The van der Waals surface area contributed by atoms with E-state index < -0.39 is 0 Å². The molecule has 3 aliphatic rings. The molecule has 2 unspecified atom stereocenters. The number of amides is 2. The summed E-state index contributed by atoms with van der Waals surface area (Å²) in [6.07, 6.45) is 8.00. The fraction of sp³-hybridized carbons (Fsp3) is 0.591. The molecule has 0 bridgehead atoms. The van der Waals surface area contributed by atoms with E-state index in [9.17, 15) is 4.79 Å². The standard InChI is InChI=1S/C22H30N4O/c1-24-13-15-11-20-18(17-7-6-8-19(24)21(15)17)12-16(14-25(20)2)23-22(27)26-9-4-3-5-10-26/h6-8,13,16,18,20H,3-5,9-12,14H2,1-2H3,(H,23,27)/t16?,18?,20-/m1/s1. The number of carbonyl (C=O) groups excluding carboxylic acids is 1. The number of fused-ring (bicyclic) bond motifs is 2. The largest absolute Gasteiger partial charge is 0.350 e. The average molecular weight is 367 g/mol. The molecule has 0 saturated carbocycles. The summed E-state index contributed by atoms with van der Waals surface area (Å²) >= 11 is 0. The van der Waals surface area contributed by atoms with Crippen LogP contribution in [0.15, 0.2) is 24.4 Å². The van der Waals surface area contributed by atoms with Crippen molar-refractivity contribution in [1.82, 2.24) is 19.7 Å².